The van der Waals surface area contributed by atoms with Crippen molar-refractivity contribution in [2.45, 2.75) is 11.3 Å². The van der Waals surface area contributed by atoms with E-state index in [0.29, 0.717) is 28.9 Å². The zero-order chi connectivity index (χ0) is 18.0. The Balaban J connectivity index is 1.85. The van der Waals surface area contributed by atoms with Crippen LogP contribution in [0.15, 0.2) is 53.4 Å². The maximum atomic E-state index is 13.0. The van der Waals surface area contributed by atoms with E-state index in [1.54, 1.807) is 28.6 Å². The second-order valence-corrected chi connectivity index (χ2v) is 9.19. The zero-order valence-corrected chi connectivity index (χ0v) is 16.1. The molecule has 25 heavy (non-hydrogen) atoms. The molecule has 0 bridgehead atoms. The largest absolute Gasteiger partial charge is 0.309 e. The maximum Gasteiger partial charge on any atom is 0.243 e. The smallest absolute Gasteiger partial charge is 0.243 e. The molecule has 1 aliphatic heterocycles. The summed E-state index contributed by atoms with van der Waals surface area (Å²) in [7, 11) is 0.573. The van der Waals surface area contributed by atoms with Gasteiger partial charge in [0.2, 0.25) is 10.0 Å². The highest BCUT2D eigenvalue weighted by Gasteiger charge is 2.32. The number of hydrogen-bond donors (Lipinski definition) is 0. The summed E-state index contributed by atoms with van der Waals surface area (Å²) < 4.78 is 27.6. The first-order chi connectivity index (χ1) is 11.9. The van der Waals surface area contributed by atoms with E-state index in [9.17, 15) is 8.42 Å². The molecule has 0 aliphatic carbocycles. The van der Waals surface area contributed by atoms with Gasteiger partial charge in [-0.1, -0.05) is 35.9 Å². The molecular formula is C19H23ClN2O2S. The summed E-state index contributed by atoms with van der Waals surface area (Å²) in [5.74, 6) is 0.390. The Kier molecular flexibility index (Phi) is 5.49. The predicted octanol–water partition coefficient (Wildman–Crippen LogP) is 3.58. The van der Waals surface area contributed by atoms with Crippen molar-refractivity contribution in [3.05, 3.63) is 53.6 Å². The molecule has 2 aromatic rings. The molecule has 4 nitrogen and oxygen atoms in total. The molecule has 3 rings (SSSR count). The minimum absolute atomic E-state index is 0.343. The molecule has 2 aromatic carbocycles. The Labute approximate surface area is 155 Å². The molecule has 1 fully saturated rings. The van der Waals surface area contributed by atoms with Gasteiger partial charge in [-0.05, 0) is 61.8 Å². The second-order valence-electron chi connectivity index (χ2n) is 6.82. The van der Waals surface area contributed by atoms with Crippen molar-refractivity contribution in [1.82, 2.24) is 9.21 Å². The first-order valence-electron chi connectivity index (χ1n) is 8.37. The van der Waals surface area contributed by atoms with Gasteiger partial charge >= 0.3 is 0 Å². The molecule has 0 saturated carbocycles. The fourth-order valence-corrected chi connectivity index (χ4v) is 5.10. The molecule has 1 heterocycles. The lowest BCUT2D eigenvalue weighted by Gasteiger charge is -2.19. The van der Waals surface area contributed by atoms with E-state index in [1.807, 2.05) is 38.4 Å². The Morgan fingerprint density at radius 2 is 1.80 bits per heavy atom. The molecule has 1 unspecified atom stereocenters. The summed E-state index contributed by atoms with van der Waals surface area (Å²) >= 11 is 6.06. The van der Waals surface area contributed by atoms with E-state index in [2.05, 4.69) is 4.90 Å². The van der Waals surface area contributed by atoms with Crippen LogP contribution in [0.2, 0.25) is 5.02 Å². The zero-order valence-electron chi connectivity index (χ0n) is 14.5. The maximum absolute atomic E-state index is 13.0. The number of rotatable bonds is 5. The van der Waals surface area contributed by atoms with Gasteiger partial charge in [-0.3, -0.25) is 0 Å². The average Bonchev–Trinajstić information content (AvgIpc) is 3.03. The average molecular weight is 379 g/mol. The fraction of sp³-hybridized carbons (Fsp3) is 0.368. The van der Waals surface area contributed by atoms with E-state index in [-0.39, 0.29) is 0 Å². The molecule has 0 amide bonds. The number of halogens is 1. The lowest BCUT2D eigenvalue weighted by Crippen LogP contribution is -2.30. The van der Waals surface area contributed by atoms with Crippen LogP contribution in [0.4, 0.5) is 0 Å². The summed E-state index contributed by atoms with van der Waals surface area (Å²) in [5, 5.41) is 0.636. The Morgan fingerprint density at radius 3 is 2.48 bits per heavy atom. The van der Waals surface area contributed by atoms with Gasteiger partial charge in [-0.15, -0.1) is 0 Å². The van der Waals surface area contributed by atoms with Crippen LogP contribution in [0.25, 0.3) is 11.1 Å². The molecule has 0 aromatic heterocycles. The highest BCUT2D eigenvalue weighted by atomic mass is 35.5. The van der Waals surface area contributed by atoms with Crippen molar-refractivity contribution >= 4 is 21.6 Å². The van der Waals surface area contributed by atoms with E-state index in [4.69, 9.17) is 11.6 Å². The number of nitrogens with zero attached hydrogens (tertiary/aromatic N) is 2. The summed E-state index contributed by atoms with van der Waals surface area (Å²) in [4.78, 5) is 2.45. The molecule has 0 spiro atoms. The highest BCUT2D eigenvalue weighted by Crippen LogP contribution is 2.28. The van der Waals surface area contributed by atoms with Crippen molar-refractivity contribution < 1.29 is 8.42 Å². The summed E-state index contributed by atoms with van der Waals surface area (Å²) in [6.07, 6.45) is 0.908. The van der Waals surface area contributed by atoms with Crippen LogP contribution in [0.5, 0.6) is 0 Å². The SMILES string of the molecule is CN(C)CC1CCN(S(=O)(=O)c2cccc(-c3cccc(Cl)c3)c2)C1. The van der Waals surface area contributed by atoms with Crippen LogP contribution in [0.3, 0.4) is 0 Å². The molecule has 6 heteroatoms. The van der Waals surface area contributed by atoms with Crippen molar-refractivity contribution in [2.75, 3.05) is 33.7 Å². The Hall–Kier alpha value is -1.40. The Bertz CT molecular complexity index is 852. The van der Waals surface area contributed by atoms with E-state index in [0.717, 1.165) is 24.1 Å². The Morgan fingerprint density at radius 1 is 1.12 bits per heavy atom. The van der Waals surface area contributed by atoms with Gasteiger partial charge in [0.25, 0.3) is 0 Å². The highest BCUT2D eigenvalue weighted by molar-refractivity contribution is 7.89. The monoisotopic (exact) mass is 378 g/mol. The third-order valence-electron chi connectivity index (χ3n) is 4.50. The minimum Gasteiger partial charge on any atom is -0.309 e. The van der Waals surface area contributed by atoms with Crippen LogP contribution < -0.4 is 0 Å². The van der Waals surface area contributed by atoms with Crippen molar-refractivity contribution in [1.29, 1.82) is 0 Å². The molecule has 134 valence electrons. The van der Waals surface area contributed by atoms with Crippen LogP contribution >= 0.6 is 11.6 Å². The van der Waals surface area contributed by atoms with Gasteiger partial charge in [0, 0.05) is 24.7 Å². The van der Waals surface area contributed by atoms with E-state index >= 15 is 0 Å². The summed E-state index contributed by atoms with van der Waals surface area (Å²) in [6.45, 7) is 2.08. The molecule has 1 aliphatic rings. The van der Waals surface area contributed by atoms with Crippen LogP contribution in [0.1, 0.15) is 6.42 Å². The van der Waals surface area contributed by atoms with Crippen LogP contribution in [-0.2, 0) is 10.0 Å². The topological polar surface area (TPSA) is 40.6 Å². The van der Waals surface area contributed by atoms with Gasteiger partial charge in [0.1, 0.15) is 0 Å². The standard InChI is InChI=1S/C19H23ClN2O2S/c1-21(2)13-15-9-10-22(14-15)25(23,24)19-8-4-6-17(12-19)16-5-3-7-18(20)11-16/h3-8,11-12,15H,9-10,13-14H2,1-2H3. The number of benzene rings is 2. The number of sulfonamides is 1. The van der Waals surface area contributed by atoms with Crippen molar-refractivity contribution in [3.8, 4) is 11.1 Å². The van der Waals surface area contributed by atoms with Gasteiger partial charge in [0.15, 0.2) is 0 Å². The number of hydrogen-bond acceptors (Lipinski definition) is 3. The predicted molar refractivity (Wildman–Crippen MR) is 102 cm³/mol. The quantitative estimate of drug-likeness (QED) is 0.798. The van der Waals surface area contributed by atoms with E-state index in [1.165, 1.54) is 0 Å². The van der Waals surface area contributed by atoms with Crippen LogP contribution in [-0.4, -0.2) is 51.4 Å². The molecular weight excluding hydrogens is 356 g/mol. The molecule has 0 N–H and O–H groups in total. The van der Waals surface area contributed by atoms with E-state index < -0.39 is 10.0 Å². The third-order valence-corrected chi connectivity index (χ3v) is 6.60. The summed E-state index contributed by atoms with van der Waals surface area (Å²) in [6, 6.07) is 14.5. The van der Waals surface area contributed by atoms with Gasteiger partial charge in [0.05, 0.1) is 4.90 Å². The van der Waals surface area contributed by atoms with Gasteiger partial charge < -0.3 is 4.90 Å². The molecule has 1 atom stereocenters. The fourth-order valence-electron chi connectivity index (χ4n) is 3.33. The molecule has 1 saturated heterocycles. The first-order valence-corrected chi connectivity index (χ1v) is 10.2. The third kappa shape index (κ3) is 4.23. The van der Waals surface area contributed by atoms with Gasteiger partial charge in [-0.2, -0.15) is 4.31 Å². The second kappa shape index (κ2) is 7.46. The van der Waals surface area contributed by atoms with Gasteiger partial charge in [-0.25, -0.2) is 8.42 Å². The first kappa shape index (κ1) is 18.4. The summed E-state index contributed by atoms with van der Waals surface area (Å²) in [5.41, 5.74) is 1.77. The lowest BCUT2D eigenvalue weighted by molar-refractivity contribution is 0.329. The van der Waals surface area contributed by atoms with Crippen molar-refractivity contribution in [2.24, 2.45) is 5.92 Å². The van der Waals surface area contributed by atoms with Crippen molar-refractivity contribution in [3.63, 3.8) is 0 Å². The minimum atomic E-state index is -3.47. The normalized spacial score (nSPS) is 18.8. The van der Waals surface area contributed by atoms with Crippen LogP contribution in [0, 0.1) is 5.92 Å². The lowest BCUT2D eigenvalue weighted by atomic mass is 10.1. The molecule has 0 radical (unpaired) electrons.